The number of carbonyl (C=O) groups is 1. The summed E-state index contributed by atoms with van der Waals surface area (Å²) in [7, 11) is 4.32. The van der Waals surface area contributed by atoms with Crippen LogP contribution in [0.25, 0.3) is 0 Å². The Morgan fingerprint density at radius 1 is 1.17 bits per heavy atom. The maximum atomic E-state index is 12.0. The Morgan fingerprint density at radius 3 is 2.46 bits per heavy atom. The van der Waals surface area contributed by atoms with Crippen LogP contribution in [0.2, 0.25) is 0 Å². The summed E-state index contributed by atoms with van der Waals surface area (Å²) in [5.41, 5.74) is 0. The molecule has 1 unspecified atom stereocenters. The molecule has 2 heterocycles. The van der Waals surface area contributed by atoms with Crippen molar-refractivity contribution in [3.05, 3.63) is 39.9 Å². The van der Waals surface area contributed by atoms with E-state index in [0.29, 0.717) is 17.0 Å². The maximum absolute atomic E-state index is 12.0. The van der Waals surface area contributed by atoms with Crippen molar-refractivity contribution in [2.75, 3.05) is 14.1 Å². The minimum absolute atomic E-state index is 0.222. The van der Waals surface area contributed by atoms with Crippen molar-refractivity contribution in [3.63, 3.8) is 0 Å². The van der Waals surface area contributed by atoms with Crippen molar-refractivity contribution < 1.29 is 9.53 Å². The van der Waals surface area contributed by atoms with Crippen molar-refractivity contribution in [2.45, 2.75) is 37.8 Å². The predicted octanol–water partition coefficient (Wildman–Crippen LogP) is 4.76. The zero-order valence-corrected chi connectivity index (χ0v) is 15.7. The van der Waals surface area contributed by atoms with Crippen LogP contribution in [0, 0.1) is 5.92 Å². The highest BCUT2D eigenvalue weighted by Gasteiger charge is 2.31. The van der Waals surface area contributed by atoms with Gasteiger partial charge in [-0.15, -0.1) is 22.7 Å². The molecule has 0 spiro atoms. The molecule has 0 saturated heterocycles. The van der Waals surface area contributed by atoms with Crippen LogP contribution < -0.4 is 10.1 Å². The molecule has 4 nitrogen and oxygen atoms in total. The lowest BCUT2D eigenvalue weighted by Crippen LogP contribution is -2.40. The minimum atomic E-state index is -0.330. The third-order valence-corrected chi connectivity index (χ3v) is 6.31. The van der Waals surface area contributed by atoms with Crippen LogP contribution >= 0.6 is 22.7 Å². The van der Waals surface area contributed by atoms with Gasteiger partial charge in [-0.25, -0.2) is 4.79 Å². The van der Waals surface area contributed by atoms with Crippen LogP contribution in [0.5, 0.6) is 5.06 Å². The molecule has 0 aromatic carbocycles. The first-order valence-electron chi connectivity index (χ1n) is 8.35. The lowest BCUT2D eigenvalue weighted by Gasteiger charge is -2.36. The maximum Gasteiger partial charge on any atom is 0.413 e. The number of amides is 1. The standard InChI is InChI=1S/C18H24N2O2S2/c1-20(2)17(15-5-3-11-23-15)13-7-9-14(10-8-13)19-18(21)22-16-6-4-12-24-16/h3-6,11-14,17H,7-10H2,1-2H3,(H,19,21). The number of nitrogens with one attached hydrogen (secondary N) is 1. The van der Waals surface area contributed by atoms with E-state index in [1.54, 1.807) is 0 Å². The summed E-state index contributed by atoms with van der Waals surface area (Å²) in [6.45, 7) is 0. The number of hydrogen-bond donors (Lipinski definition) is 1. The molecule has 1 atom stereocenters. The second kappa shape index (κ2) is 8.14. The van der Waals surface area contributed by atoms with Gasteiger partial charge in [0.2, 0.25) is 0 Å². The van der Waals surface area contributed by atoms with Crippen molar-refractivity contribution in [3.8, 4) is 5.06 Å². The van der Waals surface area contributed by atoms with Crippen LogP contribution in [0.4, 0.5) is 4.79 Å². The summed E-state index contributed by atoms with van der Waals surface area (Å²) in [5.74, 6) is 0.644. The fourth-order valence-electron chi connectivity index (χ4n) is 3.56. The lowest BCUT2D eigenvalue weighted by atomic mass is 9.80. The van der Waals surface area contributed by atoms with E-state index in [0.717, 1.165) is 25.7 Å². The molecule has 2 aromatic rings. The van der Waals surface area contributed by atoms with Crippen LogP contribution in [0.1, 0.15) is 36.6 Å². The molecule has 24 heavy (non-hydrogen) atoms. The highest BCUT2D eigenvalue weighted by atomic mass is 32.1. The number of carbonyl (C=O) groups excluding carboxylic acids is 1. The molecule has 1 N–H and O–H groups in total. The van der Waals surface area contributed by atoms with Gasteiger partial charge in [0, 0.05) is 17.0 Å². The largest absolute Gasteiger partial charge is 0.413 e. The van der Waals surface area contributed by atoms with E-state index < -0.39 is 0 Å². The van der Waals surface area contributed by atoms with E-state index in [-0.39, 0.29) is 12.1 Å². The molecular weight excluding hydrogens is 340 g/mol. The topological polar surface area (TPSA) is 41.6 Å². The minimum Gasteiger partial charge on any atom is -0.399 e. The number of nitrogens with zero attached hydrogens (tertiary/aromatic N) is 1. The third-order valence-electron chi connectivity index (χ3n) is 4.62. The summed E-state index contributed by atoms with van der Waals surface area (Å²) >= 11 is 3.27. The summed E-state index contributed by atoms with van der Waals surface area (Å²) in [4.78, 5) is 15.7. The van der Waals surface area contributed by atoms with Gasteiger partial charge in [0.25, 0.3) is 0 Å². The molecule has 1 aliphatic carbocycles. The Hall–Kier alpha value is -1.37. The average Bonchev–Trinajstić information content (AvgIpc) is 3.23. The molecule has 1 fully saturated rings. The summed E-state index contributed by atoms with van der Waals surface area (Å²) < 4.78 is 5.29. The van der Waals surface area contributed by atoms with Gasteiger partial charge in [-0.3, -0.25) is 0 Å². The number of thiophene rings is 2. The van der Waals surface area contributed by atoms with E-state index in [1.807, 2.05) is 28.8 Å². The van der Waals surface area contributed by atoms with Crippen molar-refractivity contribution in [1.29, 1.82) is 0 Å². The van der Waals surface area contributed by atoms with Gasteiger partial charge < -0.3 is 15.0 Å². The van der Waals surface area contributed by atoms with E-state index in [1.165, 1.54) is 16.2 Å². The Balaban J connectivity index is 1.50. The van der Waals surface area contributed by atoms with Crippen LogP contribution in [-0.4, -0.2) is 31.1 Å². The van der Waals surface area contributed by atoms with Gasteiger partial charge in [-0.05, 0) is 74.7 Å². The Bertz CT molecular complexity index is 618. The smallest absolute Gasteiger partial charge is 0.399 e. The summed E-state index contributed by atoms with van der Waals surface area (Å²) in [6, 6.07) is 8.75. The first-order chi connectivity index (χ1) is 11.6. The molecule has 130 valence electrons. The molecule has 3 rings (SSSR count). The number of ether oxygens (including phenoxy) is 1. The highest BCUT2D eigenvalue weighted by Crippen LogP contribution is 2.39. The van der Waals surface area contributed by atoms with Gasteiger partial charge in [-0.1, -0.05) is 6.07 Å². The monoisotopic (exact) mass is 364 g/mol. The Morgan fingerprint density at radius 2 is 1.88 bits per heavy atom. The molecule has 2 aromatic heterocycles. The van der Waals surface area contributed by atoms with E-state index in [4.69, 9.17) is 4.74 Å². The molecule has 6 heteroatoms. The van der Waals surface area contributed by atoms with Crippen LogP contribution in [-0.2, 0) is 0 Å². The number of hydrogen-bond acceptors (Lipinski definition) is 5. The molecule has 0 aliphatic heterocycles. The first kappa shape index (κ1) is 17.5. The van der Waals surface area contributed by atoms with Crippen LogP contribution in [0.3, 0.4) is 0 Å². The molecule has 1 saturated carbocycles. The first-order valence-corrected chi connectivity index (χ1v) is 10.1. The normalized spacial score (nSPS) is 22.3. The fourth-order valence-corrected chi connectivity index (χ4v) is 5.14. The van der Waals surface area contributed by atoms with Crippen molar-refractivity contribution >= 4 is 28.8 Å². The predicted molar refractivity (Wildman–Crippen MR) is 100.0 cm³/mol. The molecule has 0 radical (unpaired) electrons. The number of rotatable bonds is 5. The van der Waals surface area contributed by atoms with Crippen molar-refractivity contribution in [1.82, 2.24) is 10.2 Å². The second-order valence-corrected chi connectivity index (χ2v) is 8.39. The molecule has 0 bridgehead atoms. The summed E-state index contributed by atoms with van der Waals surface area (Å²) in [6.07, 6.45) is 3.96. The van der Waals surface area contributed by atoms with Gasteiger partial charge in [0.05, 0.1) is 0 Å². The van der Waals surface area contributed by atoms with E-state index in [9.17, 15) is 4.79 Å². The van der Waals surface area contributed by atoms with E-state index in [2.05, 4.69) is 41.8 Å². The SMILES string of the molecule is CN(C)C(c1cccs1)C1CCC(NC(=O)Oc2cccs2)CC1. The lowest BCUT2D eigenvalue weighted by molar-refractivity contribution is 0.153. The molecule has 1 aliphatic rings. The van der Waals surface area contributed by atoms with Gasteiger partial charge in [0.15, 0.2) is 5.06 Å². The zero-order chi connectivity index (χ0) is 16.9. The zero-order valence-electron chi connectivity index (χ0n) is 14.1. The Labute approximate surface area is 151 Å². The van der Waals surface area contributed by atoms with Crippen LogP contribution in [0.15, 0.2) is 35.0 Å². The average molecular weight is 365 g/mol. The third kappa shape index (κ3) is 4.37. The highest BCUT2D eigenvalue weighted by molar-refractivity contribution is 7.11. The molecular formula is C18H24N2O2S2. The molecule has 1 amide bonds. The quantitative estimate of drug-likeness (QED) is 0.832. The fraction of sp³-hybridized carbons (Fsp3) is 0.500. The second-order valence-electron chi connectivity index (χ2n) is 6.50. The van der Waals surface area contributed by atoms with Gasteiger partial charge in [-0.2, -0.15) is 0 Å². The summed E-state index contributed by atoms with van der Waals surface area (Å²) in [5, 5.41) is 7.72. The Kier molecular flexibility index (Phi) is 5.92. The van der Waals surface area contributed by atoms with Gasteiger partial charge in [0.1, 0.15) is 0 Å². The van der Waals surface area contributed by atoms with Gasteiger partial charge >= 0.3 is 6.09 Å². The van der Waals surface area contributed by atoms with E-state index >= 15 is 0 Å². The van der Waals surface area contributed by atoms with Crippen molar-refractivity contribution in [2.24, 2.45) is 5.92 Å².